The van der Waals surface area contributed by atoms with Gasteiger partial charge in [-0.3, -0.25) is 4.79 Å². The van der Waals surface area contributed by atoms with Gasteiger partial charge in [-0.1, -0.05) is 32.4 Å². The molecule has 1 aromatic heterocycles. The number of Topliss-reactive ketones (excluding diaryl/α,β-unsaturated/α-hetero) is 1. The number of nitrogens with zero attached hydrogens (tertiary/aromatic N) is 1. The third kappa shape index (κ3) is 5.48. The Hall–Kier alpha value is -1.62. The maximum Gasteiger partial charge on any atom is 0.229 e. The Morgan fingerprint density at radius 2 is 2.08 bits per heavy atom. The second kappa shape index (κ2) is 9.02. The number of aryl methyl sites for hydroxylation is 1. The van der Waals surface area contributed by atoms with Crippen LogP contribution in [0, 0.1) is 18.7 Å². The van der Waals surface area contributed by atoms with E-state index in [2.05, 4.69) is 18.8 Å². The number of ketones is 1. The van der Waals surface area contributed by atoms with Crippen LogP contribution in [0.25, 0.3) is 11.5 Å². The van der Waals surface area contributed by atoms with E-state index >= 15 is 0 Å². The lowest BCUT2D eigenvalue weighted by Crippen LogP contribution is -2.02. The predicted molar refractivity (Wildman–Crippen MR) is 96.5 cm³/mol. The number of benzene rings is 1. The zero-order chi connectivity index (χ0) is 17.5. The van der Waals surface area contributed by atoms with E-state index < -0.39 is 0 Å². The predicted octanol–water partition coefficient (Wildman–Crippen LogP) is 5.42. The van der Waals surface area contributed by atoms with E-state index in [0.717, 1.165) is 18.5 Å². The minimum atomic E-state index is -0.349. The molecule has 0 unspecified atom stereocenters. The number of carbonyl (C=O) groups is 1. The van der Waals surface area contributed by atoms with Crippen LogP contribution >= 0.6 is 11.8 Å². The molecule has 2 rings (SSSR count). The first kappa shape index (κ1) is 18.7. The van der Waals surface area contributed by atoms with Crippen molar-refractivity contribution in [2.45, 2.75) is 45.8 Å². The van der Waals surface area contributed by atoms with Crippen molar-refractivity contribution >= 4 is 17.5 Å². The van der Waals surface area contributed by atoms with Crippen LogP contribution in [0.5, 0.6) is 0 Å². The standard InChI is InChI=1S/C19H24FNO2S/c1-13(2)7-6-8-15(22)11-24-12-18-14(3)23-19(21-18)16-9-4-5-10-17(16)20/h4-5,9-10,13H,6-8,11-12H2,1-3H3. The minimum absolute atomic E-state index is 0.274. The molecule has 0 atom stereocenters. The second-order valence-electron chi connectivity index (χ2n) is 6.32. The summed E-state index contributed by atoms with van der Waals surface area (Å²) in [6.07, 6.45) is 2.69. The first-order valence-electron chi connectivity index (χ1n) is 8.28. The molecule has 0 amide bonds. The van der Waals surface area contributed by atoms with Crippen molar-refractivity contribution in [3.8, 4) is 11.5 Å². The fourth-order valence-corrected chi connectivity index (χ4v) is 3.29. The first-order valence-corrected chi connectivity index (χ1v) is 9.43. The SMILES string of the molecule is Cc1oc(-c2ccccc2F)nc1CSCC(=O)CCCC(C)C. The van der Waals surface area contributed by atoms with Crippen LogP contribution in [-0.4, -0.2) is 16.5 Å². The van der Waals surface area contributed by atoms with Crippen LogP contribution in [-0.2, 0) is 10.5 Å². The third-order valence-electron chi connectivity index (χ3n) is 3.74. The fourth-order valence-electron chi connectivity index (χ4n) is 2.35. The van der Waals surface area contributed by atoms with E-state index in [1.54, 1.807) is 18.2 Å². The van der Waals surface area contributed by atoms with Gasteiger partial charge in [0.25, 0.3) is 0 Å². The number of carbonyl (C=O) groups excluding carboxylic acids is 1. The molecule has 0 saturated carbocycles. The molecule has 130 valence electrons. The summed E-state index contributed by atoms with van der Waals surface area (Å²) < 4.78 is 19.4. The Kier molecular flexibility index (Phi) is 7.03. The van der Waals surface area contributed by atoms with Gasteiger partial charge < -0.3 is 4.42 Å². The van der Waals surface area contributed by atoms with Gasteiger partial charge in [0.1, 0.15) is 17.4 Å². The molecule has 0 saturated heterocycles. The second-order valence-corrected chi connectivity index (χ2v) is 7.30. The van der Waals surface area contributed by atoms with Gasteiger partial charge in [0.15, 0.2) is 0 Å². The number of hydrogen-bond donors (Lipinski definition) is 0. The minimum Gasteiger partial charge on any atom is -0.441 e. The highest BCUT2D eigenvalue weighted by Gasteiger charge is 2.15. The molecule has 5 heteroatoms. The van der Waals surface area contributed by atoms with Crippen molar-refractivity contribution in [3.63, 3.8) is 0 Å². The lowest BCUT2D eigenvalue weighted by molar-refractivity contribution is -0.116. The van der Waals surface area contributed by atoms with E-state index in [-0.39, 0.29) is 11.6 Å². The molecule has 0 spiro atoms. The lowest BCUT2D eigenvalue weighted by Gasteiger charge is -2.03. The van der Waals surface area contributed by atoms with Crippen molar-refractivity contribution in [1.29, 1.82) is 0 Å². The molecule has 0 radical (unpaired) electrons. The van der Waals surface area contributed by atoms with Crippen LogP contribution in [0.1, 0.15) is 44.6 Å². The zero-order valence-corrected chi connectivity index (χ0v) is 15.3. The molecule has 1 heterocycles. The van der Waals surface area contributed by atoms with E-state index in [9.17, 15) is 9.18 Å². The summed E-state index contributed by atoms with van der Waals surface area (Å²) in [6.45, 7) is 6.15. The van der Waals surface area contributed by atoms with Crippen molar-refractivity contribution < 1.29 is 13.6 Å². The van der Waals surface area contributed by atoms with Crippen LogP contribution < -0.4 is 0 Å². The van der Waals surface area contributed by atoms with Gasteiger partial charge in [-0.15, -0.1) is 11.8 Å². The Morgan fingerprint density at radius 3 is 2.79 bits per heavy atom. The van der Waals surface area contributed by atoms with Crippen molar-refractivity contribution in [1.82, 2.24) is 4.98 Å². The number of rotatable bonds is 9. The summed E-state index contributed by atoms with van der Waals surface area (Å²) in [5, 5.41) is 0. The molecule has 0 aliphatic carbocycles. The summed E-state index contributed by atoms with van der Waals surface area (Å²) in [6, 6.07) is 6.42. The topological polar surface area (TPSA) is 43.1 Å². The van der Waals surface area contributed by atoms with E-state index in [1.165, 1.54) is 17.8 Å². The molecule has 3 nitrogen and oxygen atoms in total. The maximum atomic E-state index is 13.8. The number of oxazole rings is 1. The molecule has 1 aromatic carbocycles. The smallest absolute Gasteiger partial charge is 0.229 e. The van der Waals surface area contributed by atoms with Gasteiger partial charge in [-0.25, -0.2) is 9.37 Å². The summed E-state index contributed by atoms with van der Waals surface area (Å²) >= 11 is 1.53. The maximum absolute atomic E-state index is 13.8. The highest BCUT2D eigenvalue weighted by molar-refractivity contribution is 7.99. The molecule has 0 N–H and O–H groups in total. The summed E-state index contributed by atoms with van der Waals surface area (Å²) in [4.78, 5) is 16.2. The van der Waals surface area contributed by atoms with E-state index in [0.29, 0.717) is 41.1 Å². The molecule has 0 bridgehead atoms. The molecular formula is C19H24FNO2S. The van der Waals surface area contributed by atoms with Crippen LogP contribution in [0.4, 0.5) is 4.39 Å². The largest absolute Gasteiger partial charge is 0.441 e. The highest BCUT2D eigenvalue weighted by atomic mass is 32.2. The lowest BCUT2D eigenvalue weighted by atomic mass is 10.1. The summed E-state index contributed by atoms with van der Waals surface area (Å²) in [7, 11) is 0. The zero-order valence-electron chi connectivity index (χ0n) is 14.5. The van der Waals surface area contributed by atoms with Gasteiger partial charge in [0.05, 0.1) is 17.0 Å². The van der Waals surface area contributed by atoms with E-state index in [1.807, 2.05) is 6.92 Å². The number of hydrogen-bond acceptors (Lipinski definition) is 4. The monoisotopic (exact) mass is 349 g/mol. The Balaban J connectivity index is 1.86. The first-order chi connectivity index (χ1) is 11.5. The Labute approximate surface area is 147 Å². The highest BCUT2D eigenvalue weighted by Crippen LogP contribution is 2.26. The Morgan fingerprint density at radius 1 is 1.33 bits per heavy atom. The van der Waals surface area contributed by atoms with Crippen molar-refractivity contribution in [3.05, 3.63) is 41.5 Å². The van der Waals surface area contributed by atoms with Crippen molar-refractivity contribution in [2.24, 2.45) is 5.92 Å². The van der Waals surface area contributed by atoms with Crippen LogP contribution in [0.3, 0.4) is 0 Å². The van der Waals surface area contributed by atoms with Crippen LogP contribution in [0.2, 0.25) is 0 Å². The quantitative estimate of drug-likeness (QED) is 0.606. The molecule has 0 aliphatic heterocycles. The van der Waals surface area contributed by atoms with Gasteiger partial charge in [-0.2, -0.15) is 0 Å². The average Bonchev–Trinajstić information content (AvgIpc) is 2.88. The van der Waals surface area contributed by atoms with Gasteiger partial charge in [-0.05, 0) is 31.4 Å². The van der Waals surface area contributed by atoms with Gasteiger partial charge in [0.2, 0.25) is 5.89 Å². The summed E-state index contributed by atoms with van der Waals surface area (Å²) in [5.41, 5.74) is 1.13. The molecule has 2 aromatic rings. The van der Waals surface area contributed by atoms with Gasteiger partial charge >= 0.3 is 0 Å². The molecule has 24 heavy (non-hydrogen) atoms. The normalized spacial score (nSPS) is 11.2. The number of halogens is 1. The molecule has 0 fully saturated rings. The fraction of sp³-hybridized carbons (Fsp3) is 0.474. The number of thioether (sulfide) groups is 1. The molecule has 0 aliphatic rings. The number of aromatic nitrogens is 1. The summed E-state index contributed by atoms with van der Waals surface area (Å²) in [5.74, 6) is 2.62. The van der Waals surface area contributed by atoms with Crippen LogP contribution in [0.15, 0.2) is 28.7 Å². The van der Waals surface area contributed by atoms with Gasteiger partial charge in [0, 0.05) is 12.2 Å². The Bertz CT molecular complexity index is 682. The average molecular weight is 349 g/mol. The van der Waals surface area contributed by atoms with Crippen molar-refractivity contribution in [2.75, 3.05) is 5.75 Å². The third-order valence-corrected chi connectivity index (χ3v) is 4.74. The molecular weight excluding hydrogens is 325 g/mol. The van der Waals surface area contributed by atoms with E-state index in [4.69, 9.17) is 4.42 Å².